The van der Waals surface area contributed by atoms with Crippen molar-refractivity contribution in [2.45, 2.75) is 68.7 Å². The quantitative estimate of drug-likeness (QED) is 0.0293. The van der Waals surface area contributed by atoms with Crippen molar-refractivity contribution in [2.24, 2.45) is 22.4 Å². The van der Waals surface area contributed by atoms with Crippen molar-refractivity contribution < 1.29 is 77.9 Å². The second kappa shape index (κ2) is 28.9. The average molecular weight is 1020 g/mol. The van der Waals surface area contributed by atoms with Gasteiger partial charge < -0.3 is 87.8 Å². The summed E-state index contributed by atoms with van der Waals surface area (Å²) in [4.78, 5) is 151. The van der Waals surface area contributed by atoms with E-state index in [0.29, 0.717) is 6.42 Å². The molecule has 0 spiro atoms. The van der Waals surface area contributed by atoms with Crippen molar-refractivity contribution in [3.63, 3.8) is 0 Å². The zero-order valence-electron chi connectivity index (χ0n) is 39.8. The SMILES string of the molecule is NC(N)=NCCC[C@@H]1NC(=O)[C@@H]2CC[C@H]3C[C@@H](CNC(=O)COCCNC(=O)CN4CCN(CC(=O)[O-])CCN(CC(=O)[O-])CCN(CC(=O)[O-])CC4)[C@@H](NC(=O)[C@H](CC(=O)O)NC(=O)CNC1=O)C(=O)N32. The number of nitrogens with zero attached hydrogens (tertiary/aromatic N) is 6. The van der Waals surface area contributed by atoms with Crippen LogP contribution in [0.25, 0.3) is 0 Å². The normalized spacial score (nSPS) is 24.6. The van der Waals surface area contributed by atoms with Crippen LogP contribution >= 0.6 is 0 Å². The van der Waals surface area contributed by atoms with Gasteiger partial charge in [-0.25, -0.2) is 0 Å². The first-order chi connectivity index (χ1) is 34.2. The predicted octanol–water partition coefficient (Wildman–Crippen LogP) is -11.8. The van der Waals surface area contributed by atoms with Gasteiger partial charge in [-0.3, -0.25) is 62.9 Å². The molecule has 30 nitrogen and oxygen atoms in total. The number of nitrogens with two attached hydrogens (primary N) is 2. The van der Waals surface area contributed by atoms with Crippen molar-refractivity contribution in [3.8, 4) is 0 Å². The molecule has 30 heteroatoms. The van der Waals surface area contributed by atoms with Crippen LogP contribution in [-0.2, 0) is 57.5 Å². The van der Waals surface area contributed by atoms with E-state index in [2.05, 4.69) is 36.9 Å². The van der Waals surface area contributed by atoms with Gasteiger partial charge in [0.1, 0.15) is 30.8 Å². The van der Waals surface area contributed by atoms with Gasteiger partial charge in [-0.15, -0.1) is 0 Å². The maximum Gasteiger partial charge on any atom is 0.305 e. The number of hydrogen-bond acceptors (Lipinski definition) is 20. The molecule has 11 N–H and O–H groups in total. The van der Waals surface area contributed by atoms with Crippen LogP contribution in [0.4, 0.5) is 0 Å². The minimum absolute atomic E-state index is 0.0375. The number of carbonyl (C=O) groups excluding carboxylic acids is 10. The summed E-state index contributed by atoms with van der Waals surface area (Å²) in [6, 6.07) is -5.86. The van der Waals surface area contributed by atoms with Crippen molar-refractivity contribution in [1.29, 1.82) is 0 Å². The number of aliphatic carboxylic acids is 4. The topological polar surface area (TPSA) is 439 Å². The molecule has 4 heterocycles. The number of carbonyl (C=O) groups is 11. The summed E-state index contributed by atoms with van der Waals surface area (Å²) < 4.78 is 5.47. The molecular formula is C42H65N14O16-3. The summed E-state index contributed by atoms with van der Waals surface area (Å²) >= 11 is 0. The molecule has 0 radical (unpaired) electrons. The van der Waals surface area contributed by atoms with Crippen molar-refractivity contribution in [2.75, 3.05) is 118 Å². The van der Waals surface area contributed by atoms with Gasteiger partial charge in [0.25, 0.3) is 0 Å². The third-order valence-electron chi connectivity index (χ3n) is 12.4. The minimum Gasteiger partial charge on any atom is -0.549 e. The molecule has 4 aliphatic rings. The Morgan fingerprint density at radius 1 is 0.708 bits per heavy atom. The van der Waals surface area contributed by atoms with Crippen LogP contribution in [-0.4, -0.2) is 249 Å². The van der Waals surface area contributed by atoms with E-state index >= 15 is 0 Å². The molecule has 0 saturated carbocycles. The van der Waals surface area contributed by atoms with Crippen molar-refractivity contribution in [1.82, 2.24) is 56.4 Å². The fourth-order valence-corrected chi connectivity index (χ4v) is 8.89. The number of aliphatic imine (C=N–C) groups is 1. The highest BCUT2D eigenvalue weighted by molar-refractivity contribution is 5.98. The lowest BCUT2D eigenvalue weighted by atomic mass is 9.85. The second-order valence-electron chi connectivity index (χ2n) is 17.8. The van der Waals surface area contributed by atoms with Crippen LogP contribution in [0.1, 0.15) is 38.5 Å². The Morgan fingerprint density at radius 2 is 1.28 bits per heavy atom. The molecule has 4 rings (SSSR count). The average Bonchev–Trinajstić information content (AvgIpc) is 3.73. The number of piperidine rings is 1. The molecule has 2 bridgehead atoms. The lowest BCUT2D eigenvalue weighted by Gasteiger charge is -2.42. The van der Waals surface area contributed by atoms with Gasteiger partial charge in [0.05, 0.1) is 44.0 Å². The Kier molecular flexibility index (Phi) is 23.2. The number of hydrogen-bond donors (Lipinski definition) is 9. The number of nitrogens with one attached hydrogen (secondary N) is 6. The number of carboxylic acid groups (broad SMARTS) is 4. The lowest BCUT2D eigenvalue weighted by molar-refractivity contribution is -0.308. The summed E-state index contributed by atoms with van der Waals surface area (Å²) in [5, 5.41) is 59.1. The number of rotatable bonds is 21. The Balaban J connectivity index is 1.35. The monoisotopic (exact) mass is 1020 g/mol. The van der Waals surface area contributed by atoms with Crippen LogP contribution in [0.3, 0.4) is 0 Å². The zero-order chi connectivity index (χ0) is 52.9. The molecule has 0 aromatic rings. The zero-order valence-corrected chi connectivity index (χ0v) is 39.8. The molecule has 4 saturated heterocycles. The summed E-state index contributed by atoms with van der Waals surface area (Å²) in [6.07, 6.45) is 0.112. The van der Waals surface area contributed by atoms with E-state index in [1.54, 1.807) is 4.90 Å². The number of carboxylic acids is 4. The molecule has 72 heavy (non-hydrogen) atoms. The first kappa shape index (κ1) is 57.8. The highest BCUT2D eigenvalue weighted by Gasteiger charge is 2.51. The van der Waals surface area contributed by atoms with Crippen LogP contribution < -0.4 is 58.7 Å². The van der Waals surface area contributed by atoms with Gasteiger partial charge in [0.15, 0.2) is 5.96 Å². The van der Waals surface area contributed by atoms with Crippen molar-refractivity contribution >= 4 is 71.2 Å². The molecule has 0 unspecified atom stereocenters. The fraction of sp³-hybridized carbons (Fsp3) is 0.714. The second-order valence-corrected chi connectivity index (χ2v) is 17.8. The molecule has 0 aromatic carbocycles. The Bertz CT molecular complexity index is 1980. The van der Waals surface area contributed by atoms with E-state index in [1.807, 2.05) is 0 Å². The van der Waals surface area contributed by atoms with Crippen LogP contribution in [0, 0.1) is 5.92 Å². The van der Waals surface area contributed by atoms with Gasteiger partial charge in [-0.1, -0.05) is 0 Å². The highest BCUT2D eigenvalue weighted by atomic mass is 16.5. The largest absolute Gasteiger partial charge is 0.549 e. The van der Waals surface area contributed by atoms with Gasteiger partial charge in [-0.05, 0) is 32.1 Å². The first-order valence-electron chi connectivity index (χ1n) is 23.6. The number of fused-ring (bicyclic) bond motifs is 1. The van der Waals surface area contributed by atoms with Gasteiger partial charge in [-0.2, -0.15) is 0 Å². The number of ether oxygens (including phenoxy) is 1. The van der Waals surface area contributed by atoms with Gasteiger partial charge >= 0.3 is 5.97 Å². The number of guanidine groups is 1. The Labute approximate surface area is 413 Å². The third-order valence-corrected chi connectivity index (χ3v) is 12.4. The highest BCUT2D eigenvalue weighted by Crippen LogP contribution is 2.35. The lowest BCUT2D eigenvalue weighted by Crippen LogP contribution is -2.65. The Morgan fingerprint density at radius 3 is 1.82 bits per heavy atom. The van der Waals surface area contributed by atoms with Crippen LogP contribution in [0.15, 0.2) is 4.99 Å². The van der Waals surface area contributed by atoms with E-state index < -0.39 is 141 Å². The predicted molar refractivity (Wildman–Crippen MR) is 240 cm³/mol. The van der Waals surface area contributed by atoms with Gasteiger partial charge in [0.2, 0.25) is 41.4 Å². The van der Waals surface area contributed by atoms with Crippen LogP contribution in [0.5, 0.6) is 0 Å². The molecule has 402 valence electrons. The fourth-order valence-electron chi connectivity index (χ4n) is 8.89. The van der Waals surface area contributed by atoms with Crippen LogP contribution in [0.2, 0.25) is 0 Å². The summed E-state index contributed by atoms with van der Waals surface area (Å²) in [5.41, 5.74) is 10.8. The first-order valence-corrected chi connectivity index (χ1v) is 23.6. The molecule has 7 amide bonds. The van der Waals surface area contributed by atoms with E-state index in [1.165, 1.54) is 19.6 Å². The van der Waals surface area contributed by atoms with Gasteiger partial charge in [0, 0.05) is 104 Å². The summed E-state index contributed by atoms with van der Waals surface area (Å²) in [5.74, 6) is -11.7. The third kappa shape index (κ3) is 19.8. The summed E-state index contributed by atoms with van der Waals surface area (Å²) in [7, 11) is 0. The van der Waals surface area contributed by atoms with E-state index in [-0.39, 0.29) is 117 Å². The number of amides is 7. The summed E-state index contributed by atoms with van der Waals surface area (Å²) in [6.45, 7) is -1.80. The molecule has 0 aliphatic carbocycles. The minimum atomic E-state index is -1.69. The van der Waals surface area contributed by atoms with E-state index in [0.717, 1.165) is 0 Å². The Hall–Kier alpha value is -6.76. The molecule has 4 fully saturated rings. The van der Waals surface area contributed by atoms with E-state index in [9.17, 15) is 73.2 Å². The van der Waals surface area contributed by atoms with E-state index in [4.69, 9.17) is 16.2 Å². The standard InChI is InChI=1S/C42H68N14O16/c43-42(44)46-5-1-2-27-38(68)48-19-30(57)49-28(17-33(60)61)39(69)51-37-25(16-26-3-4-29(40(70)50-27)56(26)41(37)71)18-47-32(59)24-72-15-6-45-31(58)20-52-7-9-53(21-34(62)63)11-13-55(23-36(66)67)14-12-54(10-8-52)22-35(64)65/h25-29,37H,1-24H2,(H,45,58)(H,47,59)(H,48,68)(H,49,57)(H,50,70)(H,51,69)(H,60,61)(H,62,63)(H,64,65)(H,66,67)(H4,43,44,46)/p-3/t25-,26-,27-,28-,29-,37+/m0/s1. The molecule has 4 aliphatic heterocycles. The molecular weight excluding hydrogens is 957 g/mol. The smallest absolute Gasteiger partial charge is 0.305 e. The molecule has 6 atom stereocenters. The maximum atomic E-state index is 14.3. The molecule has 0 aromatic heterocycles. The van der Waals surface area contributed by atoms with Crippen molar-refractivity contribution in [3.05, 3.63) is 0 Å². The maximum absolute atomic E-state index is 14.3.